The average molecular weight is 506 g/mol. The fourth-order valence-electron chi connectivity index (χ4n) is 3.36. The number of hydrogen-bond acceptors (Lipinski definition) is 4. The quantitative estimate of drug-likeness (QED) is 0.287. The molecule has 158 valence electrons. The Morgan fingerprint density at radius 3 is 2.50 bits per heavy atom. The normalized spacial score (nSPS) is 20.2. The number of aliphatic hydroxyl groups is 1. The van der Waals surface area contributed by atoms with Crippen molar-refractivity contribution in [3.63, 3.8) is 0 Å². The predicted octanol–water partition coefficient (Wildman–Crippen LogP) is 2.14. The first-order valence-electron chi connectivity index (χ1n) is 9.86. The SMILES string of the molecule is CCNC(=NCC1(CO)CC1)NCC(c1ccc(F)cc1)N1CCOCC1.I. The van der Waals surface area contributed by atoms with Gasteiger partial charge in [-0.2, -0.15) is 0 Å². The third kappa shape index (κ3) is 6.53. The molecule has 6 nitrogen and oxygen atoms in total. The predicted molar refractivity (Wildman–Crippen MR) is 120 cm³/mol. The highest BCUT2D eigenvalue weighted by Crippen LogP contribution is 2.45. The van der Waals surface area contributed by atoms with E-state index in [0.717, 1.165) is 44.0 Å². The summed E-state index contributed by atoms with van der Waals surface area (Å²) in [7, 11) is 0. The van der Waals surface area contributed by atoms with E-state index in [-0.39, 0.29) is 47.9 Å². The second-order valence-electron chi connectivity index (χ2n) is 7.45. The van der Waals surface area contributed by atoms with E-state index >= 15 is 0 Å². The monoisotopic (exact) mass is 506 g/mol. The van der Waals surface area contributed by atoms with Crippen LogP contribution in [0.15, 0.2) is 29.3 Å². The van der Waals surface area contributed by atoms with E-state index in [1.807, 2.05) is 19.1 Å². The molecule has 1 aliphatic carbocycles. The number of rotatable bonds is 8. The summed E-state index contributed by atoms with van der Waals surface area (Å²) >= 11 is 0. The van der Waals surface area contributed by atoms with Crippen LogP contribution < -0.4 is 10.6 Å². The molecule has 1 atom stereocenters. The zero-order valence-electron chi connectivity index (χ0n) is 16.5. The van der Waals surface area contributed by atoms with E-state index in [4.69, 9.17) is 4.74 Å². The van der Waals surface area contributed by atoms with Gasteiger partial charge in [-0.15, -0.1) is 24.0 Å². The van der Waals surface area contributed by atoms with Crippen molar-refractivity contribution in [3.05, 3.63) is 35.6 Å². The molecule has 3 N–H and O–H groups in total. The molecule has 0 radical (unpaired) electrons. The molecule has 3 rings (SSSR count). The van der Waals surface area contributed by atoms with Gasteiger partial charge in [-0.3, -0.25) is 9.89 Å². The van der Waals surface area contributed by atoms with E-state index < -0.39 is 0 Å². The Kier molecular flexibility index (Phi) is 9.39. The number of guanidine groups is 1. The lowest BCUT2D eigenvalue weighted by Gasteiger charge is -2.35. The van der Waals surface area contributed by atoms with E-state index in [1.165, 1.54) is 12.1 Å². The van der Waals surface area contributed by atoms with Crippen molar-refractivity contribution in [1.82, 2.24) is 15.5 Å². The Hall–Kier alpha value is -0.970. The lowest BCUT2D eigenvalue weighted by atomic mass is 10.0. The molecule has 2 fully saturated rings. The smallest absolute Gasteiger partial charge is 0.191 e. The van der Waals surface area contributed by atoms with Crippen LogP contribution >= 0.6 is 24.0 Å². The highest BCUT2D eigenvalue weighted by Gasteiger charge is 2.41. The lowest BCUT2D eigenvalue weighted by Crippen LogP contribution is -2.46. The second kappa shape index (κ2) is 11.3. The van der Waals surface area contributed by atoms with Crippen molar-refractivity contribution in [2.75, 3.05) is 52.5 Å². The fourth-order valence-corrected chi connectivity index (χ4v) is 3.36. The van der Waals surface area contributed by atoms with Crippen molar-refractivity contribution in [1.29, 1.82) is 0 Å². The lowest BCUT2D eigenvalue weighted by molar-refractivity contribution is 0.0170. The Balaban J connectivity index is 0.00000280. The van der Waals surface area contributed by atoms with Crippen LogP contribution in [0.2, 0.25) is 0 Å². The Bertz CT molecular complexity index is 619. The first-order chi connectivity index (χ1) is 13.2. The van der Waals surface area contributed by atoms with E-state index in [9.17, 15) is 9.50 Å². The number of nitrogens with zero attached hydrogens (tertiary/aromatic N) is 2. The van der Waals surface area contributed by atoms with Crippen molar-refractivity contribution in [2.24, 2.45) is 10.4 Å². The minimum Gasteiger partial charge on any atom is -0.396 e. The molecule has 1 heterocycles. The minimum absolute atomic E-state index is 0. The van der Waals surface area contributed by atoms with Gasteiger partial charge in [-0.05, 0) is 37.5 Å². The molecule has 1 aromatic rings. The molecule has 0 aromatic heterocycles. The van der Waals surface area contributed by atoms with Crippen molar-refractivity contribution >= 4 is 29.9 Å². The van der Waals surface area contributed by atoms with E-state index in [1.54, 1.807) is 0 Å². The van der Waals surface area contributed by atoms with Crippen LogP contribution in [0.4, 0.5) is 4.39 Å². The summed E-state index contributed by atoms with van der Waals surface area (Å²) in [6.07, 6.45) is 2.08. The van der Waals surface area contributed by atoms with Crippen molar-refractivity contribution < 1.29 is 14.2 Å². The molecule has 1 aromatic carbocycles. The van der Waals surface area contributed by atoms with Crippen LogP contribution in [0.1, 0.15) is 31.4 Å². The minimum atomic E-state index is -0.221. The number of ether oxygens (including phenoxy) is 1. The molecule has 1 saturated carbocycles. The summed E-state index contributed by atoms with van der Waals surface area (Å²) in [5.74, 6) is 0.540. The summed E-state index contributed by atoms with van der Waals surface area (Å²) < 4.78 is 18.8. The van der Waals surface area contributed by atoms with Gasteiger partial charge in [0.1, 0.15) is 5.82 Å². The molecule has 0 bridgehead atoms. The molecular formula is C20H32FIN4O2. The second-order valence-corrected chi connectivity index (χ2v) is 7.45. The van der Waals surface area contributed by atoms with Crippen LogP contribution in [-0.2, 0) is 4.74 Å². The molecular weight excluding hydrogens is 474 g/mol. The highest BCUT2D eigenvalue weighted by molar-refractivity contribution is 14.0. The van der Waals surface area contributed by atoms with Gasteiger partial charge in [0.15, 0.2) is 5.96 Å². The van der Waals surface area contributed by atoms with Crippen molar-refractivity contribution in [3.8, 4) is 0 Å². The van der Waals surface area contributed by atoms with Gasteiger partial charge in [0.25, 0.3) is 0 Å². The summed E-state index contributed by atoms with van der Waals surface area (Å²) in [5.41, 5.74) is 1.07. The third-order valence-electron chi connectivity index (χ3n) is 5.41. The van der Waals surface area contributed by atoms with E-state index in [2.05, 4.69) is 20.5 Å². The molecule has 0 spiro atoms. The van der Waals surface area contributed by atoms with Crippen molar-refractivity contribution in [2.45, 2.75) is 25.8 Å². The van der Waals surface area contributed by atoms with Gasteiger partial charge in [0, 0.05) is 31.6 Å². The number of hydrogen-bond donors (Lipinski definition) is 3. The Morgan fingerprint density at radius 1 is 1.25 bits per heavy atom. The highest BCUT2D eigenvalue weighted by atomic mass is 127. The molecule has 28 heavy (non-hydrogen) atoms. The zero-order valence-corrected chi connectivity index (χ0v) is 18.8. The van der Waals surface area contributed by atoms with Crippen LogP contribution in [-0.4, -0.2) is 68.5 Å². The standard InChI is InChI=1S/C20H31FN4O2.HI/c1-2-22-19(24-14-20(15-26)7-8-20)23-13-18(25-9-11-27-12-10-25)16-3-5-17(21)6-4-16;/h3-6,18,26H,2,7-15H2,1H3,(H2,22,23,24);1H. The third-order valence-corrected chi connectivity index (χ3v) is 5.41. The maximum atomic E-state index is 13.4. The maximum Gasteiger partial charge on any atom is 0.191 e. The molecule has 1 unspecified atom stereocenters. The number of halogens is 2. The van der Waals surface area contributed by atoms with E-state index in [0.29, 0.717) is 26.3 Å². The number of aliphatic imine (C=N–C) groups is 1. The number of nitrogens with one attached hydrogen (secondary N) is 2. The van der Waals surface area contributed by atoms with Crippen LogP contribution in [0.5, 0.6) is 0 Å². The molecule has 1 saturated heterocycles. The van der Waals surface area contributed by atoms with Gasteiger partial charge in [-0.1, -0.05) is 12.1 Å². The van der Waals surface area contributed by atoms with Gasteiger partial charge >= 0.3 is 0 Å². The van der Waals surface area contributed by atoms with Gasteiger partial charge in [-0.25, -0.2) is 4.39 Å². The number of morpholine rings is 1. The topological polar surface area (TPSA) is 69.1 Å². The summed E-state index contributed by atoms with van der Waals surface area (Å²) in [5, 5.41) is 16.2. The van der Waals surface area contributed by atoms with Gasteiger partial charge in [0.05, 0.1) is 32.4 Å². The maximum absolute atomic E-state index is 13.4. The molecule has 0 amide bonds. The zero-order chi connectivity index (χ0) is 19.1. The summed E-state index contributed by atoms with van der Waals surface area (Å²) in [6, 6.07) is 6.85. The van der Waals surface area contributed by atoms with Gasteiger partial charge < -0.3 is 20.5 Å². The molecule has 1 aliphatic heterocycles. The van der Waals surface area contributed by atoms with Gasteiger partial charge in [0.2, 0.25) is 0 Å². The fraction of sp³-hybridized carbons (Fsp3) is 0.650. The molecule has 8 heteroatoms. The summed E-state index contributed by atoms with van der Waals surface area (Å²) in [4.78, 5) is 7.04. The average Bonchev–Trinajstić information content (AvgIpc) is 3.49. The van der Waals surface area contributed by atoms with Crippen LogP contribution in [0, 0.1) is 11.2 Å². The first-order valence-corrected chi connectivity index (χ1v) is 9.86. The molecule has 2 aliphatic rings. The summed E-state index contributed by atoms with van der Waals surface area (Å²) in [6.45, 7) is 7.45. The number of benzene rings is 1. The Morgan fingerprint density at radius 2 is 1.93 bits per heavy atom. The Labute approximate surface area is 184 Å². The largest absolute Gasteiger partial charge is 0.396 e. The van der Waals surface area contributed by atoms with Crippen LogP contribution in [0.3, 0.4) is 0 Å². The first kappa shape index (κ1) is 23.3. The number of aliphatic hydroxyl groups excluding tert-OH is 1. The van der Waals surface area contributed by atoms with Crippen LogP contribution in [0.25, 0.3) is 0 Å².